The summed E-state index contributed by atoms with van der Waals surface area (Å²) in [6.07, 6.45) is 7.67. The molecule has 1 aliphatic heterocycles. The summed E-state index contributed by atoms with van der Waals surface area (Å²) in [6.45, 7) is 3.76. The predicted octanol–water partition coefficient (Wildman–Crippen LogP) is 2.48. The van der Waals surface area contributed by atoms with Crippen molar-refractivity contribution in [2.45, 2.75) is 51.9 Å². The molecule has 0 radical (unpaired) electrons. The lowest BCUT2D eigenvalue weighted by Crippen LogP contribution is -2.46. The maximum absolute atomic E-state index is 12.2. The second kappa shape index (κ2) is 5.55. The van der Waals surface area contributed by atoms with Crippen molar-refractivity contribution in [2.24, 2.45) is 17.1 Å². The molecule has 2 N–H and O–H groups in total. The molecular formula is C14H24N2OS. The second-order valence-electron chi connectivity index (χ2n) is 6.16. The first kappa shape index (κ1) is 13.8. The van der Waals surface area contributed by atoms with Crippen LogP contribution in [0.25, 0.3) is 0 Å². The molecule has 2 fully saturated rings. The summed E-state index contributed by atoms with van der Waals surface area (Å²) in [5.74, 6) is 0.980. The monoisotopic (exact) mass is 268 g/mol. The number of likely N-dealkylation sites (tertiary alicyclic amines) is 1. The number of hydrogen-bond donors (Lipinski definition) is 1. The Kier molecular flexibility index (Phi) is 4.25. The third-order valence-corrected chi connectivity index (χ3v) is 5.25. The van der Waals surface area contributed by atoms with E-state index in [4.69, 9.17) is 18.0 Å². The fourth-order valence-electron chi connectivity index (χ4n) is 3.09. The lowest BCUT2D eigenvalue weighted by molar-refractivity contribution is -0.133. The Morgan fingerprint density at radius 2 is 1.89 bits per heavy atom. The molecule has 0 unspecified atom stereocenters. The molecule has 1 heterocycles. The van der Waals surface area contributed by atoms with Crippen molar-refractivity contribution in [1.82, 2.24) is 4.90 Å². The average Bonchev–Trinajstić information content (AvgIpc) is 2.82. The highest BCUT2D eigenvalue weighted by molar-refractivity contribution is 7.80. The highest BCUT2D eigenvalue weighted by atomic mass is 32.1. The number of nitrogens with two attached hydrogens (primary N) is 1. The number of piperidine rings is 1. The molecule has 0 aromatic rings. The SMILES string of the molecule is CC1(C(N)=S)CCN(C(=O)CC2CCCC2)CC1. The number of carbonyl (C=O) groups excluding carboxylic acids is 1. The molecule has 0 atom stereocenters. The van der Waals surface area contributed by atoms with E-state index in [0.717, 1.165) is 32.4 Å². The van der Waals surface area contributed by atoms with Crippen molar-refractivity contribution in [2.75, 3.05) is 13.1 Å². The molecule has 1 saturated heterocycles. The standard InChI is InChI=1S/C14H24N2OS/c1-14(13(15)18)6-8-16(9-7-14)12(17)10-11-4-2-3-5-11/h11H,2-10H2,1H3,(H2,15,18). The van der Waals surface area contributed by atoms with Crippen LogP contribution in [0.5, 0.6) is 0 Å². The highest BCUT2D eigenvalue weighted by Crippen LogP contribution is 2.33. The summed E-state index contributed by atoms with van der Waals surface area (Å²) in [4.78, 5) is 14.8. The van der Waals surface area contributed by atoms with E-state index in [-0.39, 0.29) is 5.41 Å². The normalized spacial score (nSPS) is 24.2. The Morgan fingerprint density at radius 1 is 1.33 bits per heavy atom. The smallest absolute Gasteiger partial charge is 0.222 e. The van der Waals surface area contributed by atoms with E-state index < -0.39 is 0 Å². The van der Waals surface area contributed by atoms with Gasteiger partial charge in [0.15, 0.2) is 0 Å². The summed E-state index contributed by atoms with van der Waals surface area (Å²) >= 11 is 5.12. The predicted molar refractivity (Wildman–Crippen MR) is 77.3 cm³/mol. The number of rotatable bonds is 3. The lowest BCUT2D eigenvalue weighted by Gasteiger charge is -2.39. The van der Waals surface area contributed by atoms with Gasteiger partial charge in [-0.25, -0.2) is 0 Å². The van der Waals surface area contributed by atoms with Gasteiger partial charge < -0.3 is 10.6 Å². The zero-order valence-electron chi connectivity index (χ0n) is 11.3. The van der Waals surface area contributed by atoms with Crippen LogP contribution in [-0.4, -0.2) is 28.9 Å². The van der Waals surface area contributed by atoms with Crippen LogP contribution < -0.4 is 5.73 Å². The van der Waals surface area contributed by atoms with Crippen LogP contribution in [0.15, 0.2) is 0 Å². The van der Waals surface area contributed by atoms with Crippen LogP contribution in [0.1, 0.15) is 51.9 Å². The zero-order chi connectivity index (χ0) is 13.2. The molecule has 0 bridgehead atoms. The van der Waals surface area contributed by atoms with Crippen molar-refractivity contribution in [3.05, 3.63) is 0 Å². The van der Waals surface area contributed by atoms with Crippen LogP contribution >= 0.6 is 12.2 Å². The number of nitrogens with zero attached hydrogens (tertiary/aromatic N) is 1. The van der Waals surface area contributed by atoms with E-state index in [2.05, 4.69) is 6.92 Å². The molecule has 1 amide bonds. The van der Waals surface area contributed by atoms with E-state index in [1.807, 2.05) is 4.90 Å². The van der Waals surface area contributed by atoms with Gasteiger partial charge in [-0.3, -0.25) is 4.79 Å². The molecule has 2 aliphatic rings. The lowest BCUT2D eigenvalue weighted by atomic mass is 9.80. The fourth-order valence-corrected chi connectivity index (χ4v) is 3.29. The average molecular weight is 268 g/mol. The maximum atomic E-state index is 12.2. The molecule has 102 valence electrons. The van der Waals surface area contributed by atoms with Gasteiger partial charge in [-0.05, 0) is 31.6 Å². The Morgan fingerprint density at radius 3 is 2.39 bits per heavy atom. The summed E-state index contributed by atoms with van der Waals surface area (Å²) in [6, 6.07) is 0. The minimum Gasteiger partial charge on any atom is -0.393 e. The molecule has 0 aromatic heterocycles. The molecule has 0 spiro atoms. The minimum atomic E-state index is -0.0422. The molecule has 1 aliphatic carbocycles. The van der Waals surface area contributed by atoms with Gasteiger partial charge in [0, 0.05) is 24.9 Å². The van der Waals surface area contributed by atoms with E-state index in [9.17, 15) is 4.79 Å². The van der Waals surface area contributed by atoms with Gasteiger partial charge in [0.1, 0.15) is 0 Å². The Balaban J connectivity index is 1.81. The molecule has 18 heavy (non-hydrogen) atoms. The zero-order valence-corrected chi connectivity index (χ0v) is 12.1. The first-order valence-electron chi connectivity index (χ1n) is 7.09. The molecule has 1 saturated carbocycles. The Hall–Kier alpha value is -0.640. The van der Waals surface area contributed by atoms with Gasteiger partial charge in [-0.15, -0.1) is 0 Å². The maximum Gasteiger partial charge on any atom is 0.222 e. The molecule has 4 heteroatoms. The quantitative estimate of drug-likeness (QED) is 0.800. The molecule has 3 nitrogen and oxygen atoms in total. The Bertz CT molecular complexity index is 329. The van der Waals surface area contributed by atoms with Crippen molar-refractivity contribution < 1.29 is 4.79 Å². The first-order chi connectivity index (χ1) is 8.51. The molecule has 2 rings (SSSR count). The van der Waals surface area contributed by atoms with Crippen LogP contribution in [0.4, 0.5) is 0 Å². The summed E-state index contributed by atoms with van der Waals surface area (Å²) in [5, 5.41) is 0. The largest absolute Gasteiger partial charge is 0.393 e. The fraction of sp³-hybridized carbons (Fsp3) is 0.857. The van der Waals surface area contributed by atoms with Crippen LogP contribution in [0.2, 0.25) is 0 Å². The third-order valence-electron chi connectivity index (χ3n) is 4.75. The molecular weight excluding hydrogens is 244 g/mol. The van der Waals surface area contributed by atoms with Crippen molar-refractivity contribution in [3.63, 3.8) is 0 Å². The van der Waals surface area contributed by atoms with Gasteiger partial charge in [-0.2, -0.15) is 0 Å². The van der Waals surface area contributed by atoms with Gasteiger partial charge in [0.05, 0.1) is 4.99 Å². The van der Waals surface area contributed by atoms with Crippen molar-refractivity contribution in [1.29, 1.82) is 0 Å². The summed E-state index contributed by atoms with van der Waals surface area (Å²) in [5.41, 5.74) is 5.74. The third kappa shape index (κ3) is 3.02. The van der Waals surface area contributed by atoms with Gasteiger partial charge >= 0.3 is 0 Å². The number of hydrogen-bond acceptors (Lipinski definition) is 2. The van der Waals surface area contributed by atoms with E-state index >= 15 is 0 Å². The topological polar surface area (TPSA) is 46.3 Å². The second-order valence-corrected chi connectivity index (χ2v) is 6.60. The number of thiocarbonyl (C=S) groups is 1. The number of amides is 1. The van der Waals surface area contributed by atoms with Gasteiger partial charge in [0.2, 0.25) is 5.91 Å². The van der Waals surface area contributed by atoms with E-state index in [1.54, 1.807) is 0 Å². The first-order valence-corrected chi connectivity index (χ1v) is 7.50. The van der Waals surface area contributed by atoms with Crippen molar-refractivity contribution >= 4 is 23.1 Å². The molecule has 0 aromatic carbocycles. The number of carbonyl (C=O) groups is 1. The highest BCUT2D eigenvalue weighted by Gasteiger charge is 2.34. The minimum absolute atomic E-state index is 0.0422. The summed E-state index contributed by atoms with van der Waals surface area (Å²) in [7, 11) is 0. The Labute approximate surface area is 115 Å². The van der Waals surface area contributed by atoms with Gasteiger partial charge in [-0.1, -0.05) is 32.0 Å². The van der Waals surface area contributed by atoms with Crippen LogP contribution in [0, 0.1) is 11.3 Å². The summed E-state index contributed by atoms with van der Waals surface area (Å²) < 4.78 is 0. The van der Waals surface area contributed by atoms with E-state index in [0.29, 0.717) is 16.8 Å². The van der Waals surface area contributed by atoms with Crippen LogP contribution in [-0.2, 0) is 4.79 Å². The van der Waals surface area contributed by atoms with Crippen LogP contribution in [0.3, 0.4) is 0 Å². The van der Waals surface area contributed by atoms with Crippen molar-refractivity contribution in [3.8, 4) is 0 Å². The van der Waals surface area contributed by atoms with E-state index in [1.165, 1.54) is 25.7 Å². The van der Waals surface area contributed by atoms with Gasteiger partial charge in [0.25, 0.3) is 0 Å².